The van der Waals surface area contributed by atoms with E-state index in [0.717, 1.165) is 0 Å². The quantitative estimate of drug-likeness (QED) is 0.716. The van der Waals surface area contributed by atoms with Gasteiger partial charge in [0, 0.05) is 10.4 Å². The lowest BCUT2D eigenvalue weighted by Crippen LogP contribution is -2.12. The predicted octanol–water partition coefficient (Wildman–Crippen LogP) is 4.88. The van der Waals surface area contributed by atoms with Gasteiger partial charge in [-0.3, -0.25) is 0 Å². The van der Waals surface area contributed by atoms with E-state index in [2.05, 4.69) is 68.4 Å². The molecule has 1 rings (SSSR count). The fourth-order valence-corrected chi connectivity index (χ4v) is 2.46. The zero-order valence-corrected chi connectivity index (χ0v) is 11.5. The lowest BCUT2D eigenvalue weighted by molar-refractivity contribution is 0.587. The van der Waals surface area contributed by atoms with Crippen LogP contribution in [-0.4, -0.2) is 0 Å². The number of halogens is 1. The van der Waals surface area contributed by atoms with E-state index in [4.69, 9.17) is 0 Å². The van der Waals surface area contributed by atoms with Crippen molar-refractivity contribution in [3.63, 3.8) is 0 Å². The van der Waals surface area contributed by atoms with Crippen LogP contribution in [0, 0.1) is 5.92 Å². The van der Waals surface area contributed by atoms with Gasteiger partial charge in [0.15, 0.2) is 0 Å². The minimum absolute atomic E-state index is 0.180. The Bertz CT molecular complexity index is 358. The van der Waals surface area contributed by atoms with Crippen molar-refractivity contribution in [2.75, 3.05) is 0 Å². The van der Waals surface area contributed by atoms with Gasteiger partial charge < -0.3 is 0 Å². The minimum Gasteiger partial charge on any atom is -0.102 e. The van der Waals surface area contributed by atoms with Gasteiger partial charge in [-0.05, 0) is 22.6 Å². The van der Waals surface area contributed by atoms with E-state index >= 15 is 0 Å². The van der Waals surface area contributed by atoms with E-state index in [0.29, 0.717) is 0 Å². The maximum atomic E-state index is 3.79. The zero-order valence-electron chi connectivity index (χ0n) is 9.89. The third-order valence-electron chi connectivity index (χ3n) is 2.54. The SMILES string of the molecule is C=C[C](C)c1ccc(C(C)(C)C)c(Br)c1. The molecular weight excluding hydrogens is 248 g/mol. The molecule has 1 aromatic carbocycles. The average Bonchev–Trinajstić information content (AvgIpc) is 2.14. The molecule has 0 aliphatic heterocycles. The van der Waals surface area contributed by atoms with Gasteiger partial charge >= 0.3 is 0 Å². The van der Waals surface area contributed by atoms with E-state index in [9.17, 15) is 0 Å². The molecule has 81 valence electrons. The van der Waals surface area contributed by atoms with Crippen molar-refractivity contribution in [3.05, 3.63) is 52.4 Å². The van der Waals surface area contributed by atoms with Crippen molar-refractivity contribution < 1.29 is 0 Å². The Morgan fingerprint density at radius 2 is 1.93 bits per heavy atom. The Labute approximate surface area is 102 Å². The van der Waals surface area contributed by atoms with Crippen LogP contribution in [0.15, 0.2) is 35.3 Å². The van der Waals surface area contributed by atoms with E-state index in [1.807, 2.05) is 6.08 Å². The molecule has 0 N–H and O–H groups in total. The molecule has 0 saturated heterocycles. The summed E-state index contributed by atoms with van der Waals surface area (Å²) in [5, 5.41) is 0. The normalized spacial score (nSPS) is 11.9. The Balaban J connectivity index is 3.14. The number of rotatable bonds is 2. The second-order valence-electron chi connectivity index (χ2n) is 4.83. The molecule has 0 unspecified atom stereocenters. The summed E-state index contributed by atoms with van der Waals surface area (Å²) in [7, 11) is 0. The molecule has 0 nitrogen and oxygen atoms in total. The lowest BCUT2D eigenvalue weighted by Gasteiger charge is -2.21. The molecule has 0 atom stereocenters. The van der Waals surface area contributed by atoms with Crippen LogP contribution in [0.5, 0.6) is 0 Å². The first-order chi connectivity index (χ1) is 6.86. The minimum atomic E-state index is 0.180. The van der Waals surface area contributed by atoms with Gasteiger partial charge in [-0.2, -0.15) is 0 Å². The summed E-state index contributed by atoms with van der Waals surface area (Å²) in [6.45, 7) is 12.5. The van der Waals surface area contributed by atoms with Crippen LogP contribution in [0.4, 0.5) is 0 Å². The molecule has 0 amide bonds. The third kappa shape index (κ3) is 2.94. The maximum absolute atomic E-state index is 3.79. The highest BCUT2D eigenvalue weighted by Gasteiger charge is 2.17. The second-order valence-corrected chi connectivity index (χ2v) is 5.69. The smallest absolute Gasteiger partial charge is 0.0230 e. The fourth-order valence-electron chi connectivity index (χ4n) is 1.49. The highest BCUT2D eigenvalue weighted by Crippen LogP contribution is 2.31. The molecule has 0 heterocycles. The van der Waals surface area contributed by atoms with E-state index in [-0.39, 0.29) is 5.41 Å². The van der Waals surface area contributed by atoms with E-state index in [1.165, 1.54) is 21.5 Å². The first kappa shape index (κ1) is 12.5. The molecule has 0 saturated carbocycles. The third-order valence-corrected chi connectivity index (χ3v) is 3.19. The Kier molecular flexibility index (Phi) is 3.77. The molecule has 0 spiro atoms. The summed E-state index contributed by atoms with van der Waals surface area (Å²) in [4.78, 5) is 0. The van der Waals surface area contributed by atoms with Crippen LogP contribution in [0.2, 0.25) is 0 Å². The fraction of sp³-hybridized carbons (Fsp3) is 0.357. The Hall–Kier alpha value is -0.560. The molecule has 15 heavy (non-hydrogen) atoms. The van der Waals surface area contributed by atoms with Crippen LogP contribution >= 0.6 is 15.9 Å². The van der Waals surface area contributed by atoms with Crippen molar-refractivity contribution in [3.8, 4) is 0 Å². The Morgan fingerprint density at radius 1 is 1.33 bits per heavy atom. The summed E-state index contributed by atoms with van der Waals surface area (Å²) in [6.07, 6.45) is 1.89. The van der Waals surface area contributed by atoms with Crippen LogP contribution in [0.3, 0.4) is 0 Å². The van der Waals surface area contributed by atoms with Gasteiger partial charge in [-0.25, -0.2) is 0 Å². The molecule has 1 aromatic rings. The molecule has 0 fully saturated rings. The number of hydrogen-bond acceptors (Lipinski definition) is 0. The van der Waals surface area contributed by atoms with Crippen LogP contribution in [0.1, 0.15) is 38.8 Å². The molecule has 0 bridgehead atoms. The monoisotopic (exact) mass is 265 g/mol. The van der Waals surface area contributed by atoms with Gasteiger partial charge in [0.05, 0.1) is 0 Å². The van der Waals surface area contributed by atoms with Crippen molar-refractivity contribution in [2.24, 2.45) is 0 Å². The van der Waals surface area contributed by atoms with Crippen molar-refractivity contribution in [2.45, 2.75) is 33.1 Å². The van der Waals surface area contributed by atoms with Gasteiger partial charge in [-0.15, -0.1) is 6.58 Å². The Morgan fingerprint density at radius 3 is 2.33 bits per heavy atom. The molecule has 1 radical (unpaired) electrons. The molecule has 0 aliphatic carbocycles. The summed E-state index contributed by atoms with van der Waals surface area (Å²) in [6, 6.07) is 6.51. The van der Waals surface area contributed by atoms with Gasteiger partial charge in [0.2, 0.25) is 0 Å². The maximum Gasteiger partial charge on any atom is 0.0230 e. The number of hydrogen-bond donors (Lipinski definition) is 0. The van der Waals surface area contributed by atoms with Gasteiger partial charge in [-0.1, -0.05) is 61.8 Å². The standard InChI is InChI=1S/C14H18Br/c1-6-10(2)11-7-8-12(13(15)9-11)14(3,4)5/h6-9H,1H2,2-5H3. The lowest BCUT2D eigenvalue weighted by atomic mass is 9.86. The predicted molar refractivity (Wildman–Crippen MR) is 71.1 cm³/mol. The zero-order chi connectivity index (χ0) is 11.6. The summed E-state index contributed by atoms with van der Waals surface area (Å²) in [5.41, 5.74) is 2.74. The van der Waals surface area contributed by atoms with E-state index < -0.39 is 0 Å². The first-order valence-corrected chi connectivity index (χ1v) is 5.92. The summed E-state index contributed by atoms with van der Waals surface area (Å²) in [5.74, 6) is 1.20. The van der Waals surface area contributed by atoms with E-state index in [1.54, 1.807) is 0 Å². The topological polar surface area (TPSA) is 0 Å². The number of benzene rings is 1. The van der Waals surface area contributed by atoms with Crippen LogP contribution in [0.25, 0.3) is 0 Å². The molecule has 1 heteroatoms. The molecule has 0 aromatic heterocycles. The molecular formula is C14H18Br. The first-order valence-electron chi connectivity index (χ1n) is 5.12. The molecule has 0 aliphatic rings. The largest absolute Gasteiger partial charge is 0.102 e. The van der Waals surface area contributed by atoms with Gasteiger partial charge in [0.25, 0.3) is 0 Å². The van der Waals surface area contributed by atoms with Crippen molar-refractivity contribution in [1.82, 2.24) is 0 Å². The summed E-state index contributed by atoms with van der Waals surface area (Å²) >= 11 is 3.63. The van der Waals surface area contributed by atoms with Gasteiger partial charge in [0.1, 0.15) is 0 Å². The van der Waals surface area contributed by atoms with Crippen LogP contribution < -0.4 is 0 Å². The number of allylic oxidation sites excluding steroid dienone is 1. The average molecular weight is 266 g/mol. The highest BCUT2D eigenvalue weighted by molar-refractivity contribution is 9.10. The van der Waals surface area contributed by atoms with Crippen molar-refractivity contribution >= 4 is 15.9 Å². The second kappa shape index (κ2) is 4.52. The van der Waals surface area contributed by atoms with Crippen molar-refractivity contribution in [1.29, 1.82) is 0 Å². The van der Waals surface area contributed by atoms with Crippen LogP contribution in [-0.2, 0) is 5.41 Å². The summed E-state index contributed by atoms with van der Waals surface area (Å²) < 4.78 is 1.17. The highest BCUT2D eigenvalue weighted by atomic mass is 79.9.